The number of hydrogen-bond acceptors (Lipinski definition) is 4. The Balaban J connectivity index is 2.18. The van der Waals surface area contributed by atoms with Crippen molar-refractivity contribution in [1.82, 2.24) is 4.98 Å². The van der Waals surface area contributed by atoms with Crippen LogP contribution in [0.25, 0.3) is 0 Å². The number of benzene rings is 1. The number of aromatic nitrogens is 1. The molecule has 20 heavy (non-hydrogen) atoms. The Bertz CT molecular complexity index is 592. The molecule has 0 saturated carbocycles. The number of hydrogen-bond donors (Lipinski definition) is 0. The van der Waals surface area contributed by atoms with E-state index in [4.69, 9.17) is 0 Å². The molecular weight excluding hydrogens is 275 g/mol. The summed E-state index contributed by atoms with van der Waals surface area (Å²) in [7, 11) is 1.92. The molecule has 106 valence electrons. The predicted molar refractivity (Wildman–Crippen MR) is 80.1 cm³/mol. The number of halogens is 1. The molecule has 0 aliphatic rings. The molecule has 0 aliphatic carbocycles. The maximum absolute atomic E-state index is 12.9. The van der Waals surface area contributed by atoms with E-state index in [-0.39, 0.29) is 11.7 Å². The zero-order valence-corrected chi connectivity index (χ0v) is 12.6. The zero-order valence-electron chi connectivity index (χ0n) is 11.8. The lowest BCUT2D eigenvalue weighted by molar-refractivity contribution is 0.112. The number of nitrogens with zero attached hydrogens (tertiary/aromatic N) is 2. The maximum atomic E-state index is 12.9. The van der Waals surface area contributed by atoms with Crippen molar-refractivity contribution in [3.05, 3.63) is 46.2 Å². The molecule has 3 nitrogen and oxygen atoms in total. The lowest BCUT2D eigenvalue weighted by Crippen LogP contribution is -2.16. The molecule has 0 fully saturated rings. The van der Waals surface area contributed by atoms with Crippen LogP contribution in [-0.4, -0.2) is 18.3 Å². The van der Waals surface area contributed by atoms with E-state index < -0.39 is 0 Å². The minimum atomic E-state index is -0.240. The van der Waals surface area contributed by atoms with Crippen LogP contribution in [0.4, 0.5) is 9.52 Å². The Labute approximate surface area is 122 Å². The molecule has 1 heterocycles. The van der Waals surface area contributed by atoms with Crippen molar-refractivity contribution in [2.45, 2.75) is 26.3 Å². The summed E-state index contributed by atoms with van der Waals surface area (Å²) in [4.78, 5) is 18.3. The van der Waals surface area contributed by atoms with Crippen LogP contribution in [0, 0.1) is 5.82 Å². The van der Waals surface area contributed by atoms with Crippen molar-refractivity contribution in [2.24, 2.45) is 0 Å². The number of aldehydes is 1. The van der Waals surface area contributed by atoms with E-state index in [0.29, 0.717) is 11.4 Å². The summed E-state index contributed by atoms with van der Waals surface area (Å²) >= 11 is 1.39. The Morgan fingerprint density at radius 2 is 2.00 bits per heavy atom. The van der Waals surface area contributed by atoms with Crippen LogP contribution in [0.1, 0.15) is 40.7 Å². The number of anilines is 1. The summed E-state index contributed by atoms with van der Waals surface area (Å²) in [6, 6.07) is 6.40. The first-order chi connectivity index (χ1) is 9.51. The summed E-state index contributed by atoms with van der Waals surface area (Å²) < 4.78 is 12.9. The van der Waals surface area contributed by atoms with Crippen LogP contribution < -0.4 is 4.90 Å². The van der Waals surface area contributed by atoms with E-state index in [9.17, 15) is 9.18 Å². The van der Waals surface area contributed by atoms with Gasteiger partial charge in [-0.15, -0.1) is 0 Å². The molecule has 0 spiro atoms. The predicted octanol–water partition coefficient (Wildman–Crippen LogP) is 3.85. The van der Waals surface area contributed by atoms with Crippen LogP contribution in [0.2, 0.25) is 0 Å². The highest BCUT2D eigenvalue weighted by atomic mass is 32.1. The van der Waals surface area contributed by atoms with Gasteiger partial charge in [-0.05, 0) is 23.6 Å². The van der Waals surface area contributed by atoms with Gasteiger partial charge < -0.3 is 4.90 Å². The topological polar surface area (TPSA) is 33.2 Å². The van der Waals surface area contributed by atoms with Gasteiger partial charge in [-0.2, -0.15) is 0 Å². The molecule has 2 rings (SSSR count). The van der Waals surface area contributed by atoms with Gasteiger partial charge in [0.1, 0.15) is 5.82 Å². The van der Waals surface area contributed by atoms with E-state index in [2.05, 4.69) is 4.98 Å². The Morgan fingerprint density at radius 1 is 1.35 bits per heavy atom. The molecule has 1 aromatic heterocycles. The van der Waals surface area contributed by atoms with Gasteiger partial charge in [-0.3, -0.25) is 4.79 Å². The second-order valence-corrected chi connectivity index (χ2v) is 6.01. The SMILES string of the molecule is CC(C)c1nc(N(C)Cc2ccc(F)cc2)sc1C=O. The molecule has 1 aromatic carbocycles. The summed E-state index contributed by atoms with van der Waals surface area (Å²) in [6.45, 7) is 4.67. The monoisotopic (exact) mass is 292 g/mol. The lowest BCUT2D eigenvalue weighted by atomic mass is 10.1. The van der Waals surface area contributed by atoms with Crippen molar-refractivity contribution in [1.29, 1.82) is 0 Å². The minimum Gasteiger partial charge on any atom is -0.347 e. The first-order valence-corrected chi connectivity index (χ1v) is 7.24. The summed E-state index contributed by atoms with van der Waals surface area (Å²) in [5.41, 5.74) is 1.84. The molecule has 0 atom stereocenters. The molecule has 0 amide bonds. The molecule has 0 radical (unpaired) electrons. The fourth-order valence-electron chi connectivity index (χ4n) is 1.92. The molecule has 0 saturated heterocycles. The van der Waals surface area contributed by atoms with E-state index in [1.54, 1.807) is 12.1 Å². The third-order valence-electron chi connectivity index (χ3n) is 2.98. The van der Waals surface area contributed by atoms with Crippen molar-refractivity contribution in [3.63, 3.8) is 0 Å². The summed E-state index contributed by atoms with van der Waals surface area (Å²) in [5.74, 6) is -0.0181. The highest BCUT2D eigenvalue weighted by Gasteiger charge is 2.16. The van der Waals surface area contributed by atoms with Crippen molar-refractivity contribution >= 4 is 22.8 Å². The van der Waals surface area contributed by atoms with Crippen LogP contribution in [0.3, 0.4) is 0 Å². The van der Waals surface area contributed by atoms with Crippen LogP contribution in [0.5, 0.6) is 0 Å². The van der Waals surface area contributed by atoms with Crippen molar-refractivity contribution in [2.75, 3.05) is 11.9 Å². The van der Waals surface area contributed by atoms with Gasteiger partial charge in [-0.25, -0.2) is 9.37 Å². The largest absolute Gasteiger partial charge is 0.347 e. The van der Waals surface area contributed by atoms with E-state index in [1.807, 2.05) is 25.8 Å². The van der Waals surface area contributed by atoms with Crippen LogP contribution in [0.15, 0.2) is 24.3 Å². The highest BCUT2D eigenvalue weighted by molar-refractivity contribution is 7.17. The average Bonchev–Trinajstić information content (AvgIpc) is 2.86. The third kappa shape index (κ3) is 3.22. The van der Waals surface area contributed by atoms with Crippen molar-refractivity contribution in [3.8, 4) is 0 Å². The Hall–Kier alpha value is -1.75. The van der Waals surface area contributed by atoms with Gasteiger partial charge in [0, 0.05) is 13.6 Å². The number of rotatable bonds is 5. The van der Waals surface area contributed by atoms with Gasteiger partial charge in [0.25, 0.3) is 0 Å². The van der Waals surface area contributed by atoms with Gasteiger partial charge in [0.15, 0.2) is 11.4 Å². The average molecular weight is 292 g/mol. The Morgan fingerprint density at radius 3 is 2.50 bits per heavy atom. The van der Waals surface area contributed by atoms with E-state index >= 15 is 0 Å². The highest BCUT2D eigenvalue weighted by Crippen LogP contribution is 2.29. The minimum absolute atomic E-state index is 0.222. The zero-order chi connectivity index (χ0) is 14.7. The van der Waals surface area contributed by atoms with E-state index in [1.165, 1.54) is 23.5 Å². The molecule has 2 aromatic rings. The second-order valence-electron chi connectivity index (χ2n) is 5.00. The standard InChI is InChI=1S/C15H17FN2OS/c1-10(2)14-13(9-19)20-15(17-14)18(3)8-11-4-6-12(16)7-5-11/h4-7,9-10H,8H2,1-3H3. The van der Waals surface area contributed by atoms with Gasteiger partial charge in [0.05, 0.1) is 10.6 Å². The Kier molecular flexibility index (Phi) is 4.49. The number of thiazole rings is 1. The summed E-state index contributed by atoms with van der Waals surface area (Å²) in [5, 5.41) is 0.806. The first-order valence-electron chi connectivity index (χ1n) is 6.42. The lowest BCUT2D eigenvalue weighted by Gasteiger charge is -2.15. The van der Waals surface area contributed by atoms with Crippen LogP contribution in [-0.2, 0) is 6.54 Å². The molecule has 5 heteroatoms. The fraction of sp³-hybridized carbons (Fsp3) is 0.333. The van der Waals surface area contributed by atoms with Gasteiger partial charge >= 0.3 is 0 Å². The second kappa shape index (κ2) is 6.13. The van der Waals surface area contributed by atoms with Crippen molar-refractivity contribution < 1.29 is 9.18 Å². The smallest absolute Gasteiger partial charge is 0.186 e. The normalized spacial score (nSPS) is 10.8. The molecule has 0 N–H and O–H groups in total. The maximum Gasteiger partial charge on any atom is 0.186 e. The molecular formula is C15H17FN2OS. The third-order valence-corrected chi connectivity index (χ3v) is 4.09. The number of carbonyl (C=O) groups excluding carboxylic acids is 1. The molecule has 0 unspecified atom stereocenters. The number of carbonyl (C=O) groups is 1. The van der Waals surface area contributed by atoms with Gasteiger partial charge in [0.2, 0.25) is 0 Å². The van der Waals surface area contributed by atoms with Gasteiger partial charge in [-0.1, -0.05) is 37.3 Å². The molecule has 0 aliphatic heterocycles. The van der Waals surface area contributed by atoms with Crippen LogP contribution >= 0.6 is 11.3 Å². The van der Waals surface area contributed by atoms with E-state index in [0.717, 1.165) is 22.7 Å². The summed E-state index contributed by atoms with van der Waals surface area (Å²) in [6.07, 6.45) is 0.863. The molecule has 0 bridgehead atoms. The first kappa shape index (κ1) is 14.7. The fourth-order valence-corrected chi connectivity index (χ4v) is 2.92. The quantitative estimate of drug-likeness (QED) is 0.785.